The second-order valence-electron chi connectivity index (χ2n) is 7.98. The minimum atomic E-state index is -0.481. The van der Waals surface area contributed by atoms with Gasteiger partial charge in [0.05, 0.1) is 9.78 Å². The first kappa shape index (κ1) is 25.2. The molecule has 0 spiro atoms. The molecular formula is C27H24IN3O5. The van der Waals surface area contributed by atoms with Gasteiger partial charge in [0.2, 0.25) is 0 Å². The van der Waals surface area contributed by atoms with Gasteiger partial charge in [-0.1, -0.05) is 0 Å². The van der Waals surface area contributed by atoms with Gasteiger partial charge in [0.1, 0.15) is 23.9 Å². The van der Waals surface area contributed by atoms with E-state index in [2.05, 4.69) is 63.7 Å². The molecule has 2 heterocycles. The average Bonchev–Trinajstić information content (AvgIpc) is 3.46. The standard InChI is InChI=1S/C27H24IN3O5/c1-17-4-5-18(2)31(17)21-7-9-22(10-8-21)34-16-23-11-13-26(36-23)27(33)30-29-15-20-6-12-25(24(28)14-20)35-19(3)32/h4-15H,16H2,1-3H3,(H,30,33)/b29-15+. The first-order valence-corrected chi connectivity index (χ1v) is 12.2. The zero-order chi connectivity index (χ0) is 25.7. The van der Waals surface area contributed by atoms with Crippen LogP contribution in [0.25, 0.3) is 5.69 Å². The third-order valence-corrected chi connectivity index (χ3v) is 6.06. The molecule has 0 aliphatic carbocycles. The molecule has 2 aromatic heterocycles. The van der Waals surface area contributed by atoms with Crippen LogP contribution in [-0.4, -0.2) is 22.7 Å². The van der Waals surface area contributed by atoms with Crippen LogP contribution in [0.3, 0.4) is 0 Å². The van der Waals surface area contributed by atoms with E-state index in [1.54, 1.807) is 30.3 Å². The topological polar surface area (TPSA) is 95.1 Å². The van der Waals surface area contributed by atoms with Crippen molar-refractivity contribution in [1.82, 2.24) is 9.99 Å². The van der Waals surface area contributed by atoms with Crippen LogP contribution >= 0.6 is 22.6 Å². The van der Waals surface area contributed by atoms with E-state index in [1.165, 1.54) is 24.5 Å². The number of esters is 1. The first-order valence-electron chi connectivity index (χ1n) is 11.1. The Labute approximate surface area is 222 Å². The zero-order valence-electron chi connectivity index (χ0n) is 19.9. The lowest BCUT2D eigenvalue weighted by Crippen LogP contribution is -2.16. The van der Waals surface area contributed by atoms with Gasteiger partial charge in [0.15, 0.2) is 5.76 Å². The van der Waals surface area contributed by atoms with Crippen molar-refractivity contribution in [3.05, 3.63) is 98.8 Å². The number of ether oxygens (including phenoxy) is 2. The third-order valence-electron chi connectivity index (χ3n) is 5.22. The second kappa shape index (κ2) is 11.3. The Morgan fingerprint density at radius 3 is 2.42 bits per heavy atom. The summed E-state index contributed by atoms with van der Waals surface area (Å²) in [5.74, 6) is 0.936. The zero-order valence-corrected chi connectivity index (χ0v) is 22.1. The number of halogens is 1. The summed E-state index contributed by atoms with van der Waals surface area (Å²) in [5, 5.41) is 3.97. The number of hydrazone groups is 1. The van der Waals surface area contributed by atoms with Gasteiger partial charge in [-0.15, -0.1) is 0 Å². The quantitative estimate of drug-likeness (QED) is 0.0944. The van der Waals surface area contributed by atoms with Crippen LogP contribution in [0.15, 0.2) is 76.2 Å². The molecule has 9 heteroatoms. The Morgan fingerprint density at radius 1 is 1.03 bits per heavy atom. The highest BCUT2D eigenvalue weighted by atomic mass is 127. The van der Waals surface area contributed by atoms with E-state index >= 15 is 0 Å². The lowest BCUT2D eigenvalue weighted by atomic mass is 10.2. The monoisotopic (exact) mass is 597 g/mol. The van der Waals surface area contributed by atoms with Gasteiger partial charge < -0.3 is 18.5 Å². The molecule has 0 unspecified atom stereocenters. The lowest BCUT2D eigenvalue weighted by Gasteiger charge is -2.10. The van der Waals surface area contributed by atoms with E-state index in [0.717, 1.165) is 14.8 Å². The highest BCUT2D eigenvalue weighted by Gasteiger charge is 2.11. The summed E-state index contributed by atoms with van der Waals surface area (Å²) < 4.78 is 19.4. The summed E-state index contributed by atoms with van der Waals surface area (Å²) in [7, 11) is 0. The Morgan fingerprint density at radius 2 is 1.75 bits per heavy atom. The summed E-state index contributed by atoms with van der Waals surface area (Å²) in [5.41, 5.74) is 6.56. The molecule has 1 N–H and O–H groups in total. The van der Waals surface area contributed by atoms with Crippen molar-refractivity contribution in [3.63, 3.8) is 0 Å². The number of aromatic nitrogens is 1. The molecule has 4 rings (SSSR count). The smallest absolute Gasteiger partial charge is 0.308 e. The van der Waals surface area contributed by atoms with E-state index in [9.17, 15) is 9.59 Å². The average molecular weight is 597 g/mol. The van der Waals surface area contributed by atoms with Crippen molar-refractivity contribution in [2.45, 2.75) is 27.4 Å². The largest absolute Gasteiger partial charge is 0.486 e. The maximum Gasteiger partial charge on any atom is 0.308 e. The molecule has 0 fully saturated rings. The highest BCUT2D eigenvalue weighted by Crippen LogP contribution is 2.22. The number of hydrogen-bond acceptors (Lipinski definition) is 6. The molecule has 0 aliphatic rings. The number of rotatable bonds is 8. The number of furan rings is 1. The fourth-order valence-corrected chi connectivity index (χ4v) is 4.20. The number of hydrogen-bond donors (Lipinski definition) is 1. The molecule has 1 amide bonds. The van der Waals surface area contributed by atoms with Gasteiger partial charge >= 0.3 is 11.9 Å². The van der Waals surface area contributed by atoms with Crippen molar-refractivity contribution in [2.75, 3.05) is 0 Å². The van der Waals surface area contributed by atoms with Crippen LogP contribution in [0, 0.1) is 17.4 Å². The van der Waals surface area contributed by atoms with E-state index in [-0.39, 0.29) is 18.3 Å². The van der Waals surface area contributed by atoms with Crippen molar-refractivity contribution < 1.29 is 23.5 Å². The highest BCUT2D eigenvalue weighted by molar-refractivity contribution is 14.1. The third kappa shape index (κ3) is 6.22. The predicted octanol–water partition coefficient (Wildman–Crippen LogP) is 5.56. The number of nitrogens with zero attached hydrogens (tertiary/aromatic N) is 2. The minimum Gasteiger partial charge on any atom is -0.486 e. The molecule has 8 nitrogen and oxygen atoms in total. The molecule has 0 saturated heterocycles. The normalized spacial score (nSPS) is 11.0. The molecule has 2 aromatic carbocycles. The predicted molar refractivity (Wildman–Crippen MR) is 144 cm³/mol. The summed E-state index contributed by atoms with van der Waals surface area (Å²) >= 11 is 2.06. The fraction of sp³-hybridized carbons (Fsp3) is 0.148. The Kier molecular flexibility index (Phi) is 7.89. The molecule has 36 heavy (non-hydrogen) atoms. The number of aryl methyl sites for hydroxylation is 2. The van der Waals surface area contributed by atoms with Gasteiger partial charge in [-0.3, -0.25) is 9.59 Å². The summed E-state index contributed by atoms with van der Waals surface area (Å²) in [6.07, 6.45) is 1.49. The lowest BCUT2D eigenvalue weighted by molar-refractivity contribution is -0.131. The van der Waals surface area contributed by atoms with Crippen LogP contribution in [0.5, 0.6) is 11.5 Å². The Hall–Kier alpha value is -3.86. The minimum absolute atomic E-state index is 0.124. The van der Waals surface area contributed by atoms with Crippen molar-refractivity contribution in [3.8, 4) is 17.2 Å². The van der Waals surface area contributed by atoms with E-state index in [0.29, 0.717) is 17.3 Å². The molecule has 4 aromatic rings. The summed E-state index contributed by atoms with van der Waals surface area (Å²) in [6, 6.07) is 20.4. The van der Waals surface area contributed by atoms with Crippen LogP contribution in [0.4, 0.5) is 0 Å². The van der Waals surface area contributed by atoms with Crippen LogP contribution in [-0.2, 0) is 11.4 Å². The maximum atomic E-state index is 12.3. The molecule has 0 saturated carbocycles. The number of amides is 1. The second-order valence-corrected chi connectivity index (χ2v) is 9.14. The number of carbonyl (C=O) groups excluding carboxylic acids is 2. The van der Waals surface area contributed by atoms with Crippen molar-refractivity contribution >= 4 is 40.7 Å². The summed E-state index contributed by atoms with van der Waals surface area (Å²) in [6.45, 7) is 5.66. The molecule has 0 radical (unpaired) electrons. The SMILES string of the molecule is CC(=O)Oc1ccc(/C=N/NC(=O)c2ccc(COc3ccc(-n4c(C)ccc4C)cc3)o2)cc1I. The number of benzene rings is 2. The Bertz CT molecular complexity index is 1400. The first-order chi connectivity index (χ1) is 17.3. The van der Waals surface area contributed by atoms with Crippen LogP contribution < -0.4 is 14.9 Å². The maximum absolute atomic E-state index is 12.3. The van der Waals surface area contributed by atoms with Gasteiger partial charge in [-0.05, 0) is 109 Å². The molecular weight excluding hydrogens is 573 g/mol. The molecule has 0 aliphatic heterocycles. The van der Waals surface area contributed by atoms with Crippen molar-refractivity contribution in [1.29, 1.82) is 0 Å². The number of carbonyl (C=O) groups is 2. The van der Waals surface area contributed by atoms with Crippen LogP contribution in [0.2, 0.25) is 0 Å². The van der Waals surface area contributed by atoms with E-state index in [4.69, 9.17) is 13.9 Å². The molecule has 0 bridgehead atoms. The number of nitrogens with one attached hydrogen (secondary N) is 1. The van der Waals surface area contributed by atoms with Gasteiger partial charge in [0.25, 0.3) is 0 Å². The van der Waals surface area contributed by atoms with E-state index in [1.807, 2.05) is 24.3 Å². The van der Waals surface area contributed by atoms with Crippen LogP contribution in [0.1, 0.15) is 40.2 Å². The van der Waals surface area contributed by atoms with Crippen molar-refractivity contribution in [2.24, 2.45) is 5.10 Å². The summed E-state index contributed by atoms with van der Waals surface area (Å²) in [4.78, 5) is 23.5. The van der Waals surface area contributed by atoms with Gasteiger partial charge in [-0.25, -0.2) is 5.43 Å². The Balaban J connectivity index is 1.30. The molecule has 184 valence electrons. The fourth-order valence-electron chi connectivity index (χ4n) is 3.55. The van der Waals surface area contributed by atoms with Gasteiger partial charge in [0, 0.05) is 24.0 Å². The molecule has 0 atom stereocenters. The van der Waals surface area contributed by atoms with Gasteiger partial charge in [-0.2, -0.15) is 5.10 Å². The van der Waals surface area contributed by atoms with E-state index < -0.39 is 5.91 Å².